The van der Waals surface area contributed by atoms with Crippen LogP contribution >= 0.6 is 0 Å². The van der Waals surface area contributed by atoms with E-state index in [-0.39, 0.29) is 22.9 Å². The van der Waals surface area contributed by atoms with Crippen molar-refractivity contribution in [3.8, 4) is 5.75 Å². The molecule has 0 heterocycles. The van der Waals surface area contributed by atoms with Gasteiger partial charge in [0.05, 0.1) is 10.6 Å². The van der Waals surface area contributed by atoms with Gasteiger partial charge in [-0.25, -0.2) is 21.9 Å². The first kappa shape index (κ1) is 22.4. The summed E-state index contributed by atoms with van der Waals surface area (Å²) >= 11 is 0. The summed E-state index contributed by atoms with van der Waals surface area (Å²) in [5.41, 5.74) is 0.853. The first-order valence-electron chi connectivity index (χ1n) is 9.35. The quantitative estimate of drug-likeness (QED) is 0.527. The third kappa shape index (κ3) is 6.59. The Morgan fingerprint density at radius 1 is 0.935 bits per heavy atom. The molecule has 3 aromatic rings. The maximum absolute atomic E-state index is 13.6. The summed E-state index contributed by atoms with van der Waals surface area (Å²) in [5.74, 6) is -2.04. The molecule has 6 nitrogen and oxygen atoms in total. The maximum atomic E-state index is 13.6. The van der Waals surface area contributed by atoms with Gasteiger partial charge < -0.3 is 10.1 Å². The van der Waals surface area contributed by atoms with E-state index in [1.54, 1.807) is 0 Å². The van der Waals surface area contributed by atoms with Gasteiger partial charge in [-0.2, -0.15) is 0 Å². The summed E-state index contributed by atoms with van der Waals surface area (Å²) < 4.78 is 59.0. The number of ether oxygens (including phenoxy) is 1. The third-order valence-corrected chi connectivity index (χ3v) is 5.73. The number of carbonyl (C=O) groups excluding carboxylic acids is 1. The smallest absolute Gasteiger partial charge is 0.262 e. The van der Waals surface area contributed by atoms with Crippen LogP contribution in [0.5, 0.6) is 5.75 Å². The van der Waals surface area contributed by atoms with E-state index in [0.29, 0.717) is 12.5 Å². The van der Waals surface area contributed by atoms with Gasteiger partial charge in [-0.1, -0.05) is 30.3 Å². The fourth-order valence-electron chi connectivity index (χ4n) is 2.70. The van der Waals surface area contributed by atoms with Crippen molar-refractivity contribution in [3.63, 3.8) is 0 Å². The van der Waals surface area contributed by atoms with Gasteiger partial charge in [0, 0.05) is 12.6 Å². The molecule has 0 fully saturated rings. The summed E-state index contributed by atoms with van der Waals surface area (Å²) in [4.78, 5) is 11.9. The highest BCUT2D eigenvalue weighted by Crippen LogP contribution is 2.17. The first-order valence-corrected chi connectivity index (χ1v) is 10.8. The van der Waals surface area contributed by atoms with Crippen molar-refractivity contribution >= 4 is 21.6 Å². The second kappa shape index (κ2) is 10.1. The topological polar surface area (TPSA) is 84.5 Å². The lowest BCUT2D eigenvalue weighted by Crippen LogP contribution is -2.26. The molecule has 0 aliphatic carbocycles. The lowest BCUT2D eigenvalue weighted by atomic mass is 10.2. The average molecular weight is 446 g/mol. The van der Waals surface area contributed by atoms with Crippen LogP contribution in [0, 0.1) is 11.6 Å². The molecule has 0 atom stereocenters. The molecular weight excluding hydrogens is 426 g/mol. The minimum absolute atomic E-state index is 0.0609. The van der Waals surface area contributed by atoms with Gasteiger partial charge in [0.25, 0.3) is 5.91 Å². The molecule has 0 saturated carbocycles. The largest absolute Gasteiger partial charge is 0.484 e. The molecule has 0 unspecified atom stereocenters. The number of amides is 1. The Bertz CT molecular complexity index is 1140. The van der Waals surface area contributed by atoms with Crippen LogP contribution in [0.3, 0.4) is 0 Å². The Kier molecular flexibility index (Phi) is 7.32. The van der Waals surface area contributed by atoms with Crippen LogP contribution in [-0.4, -0.2) is 27.5 Å². The number of rotatable bonds is 9. The molecule has 0 aliphatic rings. The Morgan fingerprint density at radius 2 is 1.65 bits per heavy atom. The van der Waals surface area contributed by atoms with Gasteiger partial charge in [-0.3, -0.25) is 4.79 Å². The van der Waals surface area contributed by atoms with Crippen LogP contribution in [-0.2, 0) is 21.2 Å². The number of benzene rings is 3. The van der Waals surface area contributed by atoms with Crippen LogP contribution in [0.15, 0.2) is 77.7 Å². The number of halogens is 2. The molecule has 1 amide bonds. The highest BCUT2D eigenvalue weighted by Gasteiger charge is 2.14. The highest BCUT2D eigenvalue weighted by atomic mass is 32.2. The number of sulfonamides is 1. The number of nitrogens with one attached hydrogen (secondary N) is 2. The van der Waals surface area contributed by atoms with Crippen LogP contribution in [0.25, 0.3) is 0 Å². The van der Waals surface area contributed by atoms with E-state index in [4.69, 9.17) is 4.74 Å². The van der Waals surface area contributed by atoms with Crippen molar-refractivity contribution in [1.29, 1.82) is 0 Å². The standard InChI is InChI=1S/C22H20F2N2O4S/c23-17-6-11-21(20(24)14-17)26-22(27)15-30-18-7-9-19(10-8-18)31(28,29)25-13-12-16-4-2-1-3-5-16/h1-11,14,25H,12-13,15H2,(H,26,27). The SMILES string of the molecule is O=C(COc1ccc(S(=O)(=O)NCCc2ccccc2)cc1)Nc1ccc(F)cc1F. The van der Waals surface area contributed by atoms with E-state index in [2.05, 4.69) is 10.0 Å². The molecule has 3 aromatic carbocycles. The summed E-state index contributed by atoms with van der Waals surface area (Å²) in [6.45, 7) is -0.178. The van der Waals surface area contributed by atoms with E-state index >= 15 is 0 Å². The first-order chi connectivity index (χ1) is 14.8. The Hall–Kier alpha value is -3.30. The minimum atomic E-state index is -3.68. The normalized spacial score (nSPS) is 11.2. The van der Waals surface area contributed by atoms with Crippen molar-refractivity contribution < 1.29 is 26.7 Å². The summed E-state index contributed by atoms with van der Waals surface area (Å²) in [6.07, 6.45) is 0.561. The van der Waals surface area contributed by atoms with Gasteiger partial charge in [0.15, 0.2) is 6.61 Å². The van der Waals surface area contributed by atoms with Gasteiger partial charge in [-0.15, -0.1) is 0 Å². The predicted octanol–water partition coefficient (Wildman–Crippen LogP) is 3.50. The van der Waals surface area contributed by atoms with Crippen LogP contribution in [0.4, 0.5) is 14.5 Å². The minimum Gasteiger partial charge on any atom is -0.484 e. The molecule has 3 rings (SSSR count). The van der Waals surface area contributed by atoms with Crippen molar-refractivity contribution in [2.24, 2.45) is 0 Å². The zero-order chi connectivity index (χ0) is 22.3. The summed E-state index contributed by atoms with van der Waals surface area (Å²) in [6, 6.07) is 17.8. The van der Waals surface area contributed by atoms with E-state index in [1.807, 2.05) is 30.3 Å². The van der Waals surface area contributed by atoms with Crippen LogP contribution in [0.2, 0.25) is 0 Å². The molecule has 31 heavy (non-hydrogen) atoms. The van der Waals surface area contributed by atoms with E-state index in [0.717, 1.165) is 17.7 Å². The molecule has 0 spiro atoms. The molecule has 0 saturated heterocycles. The third-order valence-electron chi connectivity index (χ3n) is 4.26. The average Bonchev–Trinajstić information content (AvgIpc) is 2.75. The zero-order valence-electron chi connectivity index (χ0n) is 16.3. The second-order valence-electron chi connectivity index (χ2n) is 6.57. The fraction of sp³-hybridized carbons (Fsp3) is 0.136. The van der Waals surface area contributed by atoms with Gasteiger partial charge in [0.1, 0.15) is 17.4 Å². The molecule has 162 valence electrons. The van der Waals surface area contributed by atoms with E-state index < -0.39 is 34.2 Å². The highest BCUT2D eigenvalue weighted by molar-refractivity contribution is 7.89. The van der Waals surface area contributed by atoms with E-state index in [9.17, 15) is 22.0 Å². The Labute approximate surface area is 178 Å². The van der Waals surface area contributed by atoms with Gasteiger partial charge >= 0.3 is 0 Å². The number of hydrogen-bond acceptors (Lipinski definition) is 4. The van der Waals surface area contributed by atoms with Crippen molar-refractivity contribution in [2.75, 3.05) is 18.5 Å². The predicted molar refractivity (Wildman–Crippen MR) is 112 cm³/mol. The molecule has 2 N–H and O–H groups in total. The molecular formula is C22H20F2N2O4S. The Balaban J connectivity index is 1.50. The molecule has 0 bridgehead atoms. The van der Waals surface area contributed by atoms with Crippen LogP contribution in [0.1, 0.15) is 5.56 Å². The summed E-state index contributed by atoms with van der Waals surface area (Å²) in [5, 5.41) is 2.27. The number of carbonyl (C=O) groups is 1. The Morgan fingerprint density at radius 3 is 2.32 bits per heavy atom. The van der Waals surface area contributed by atoms with Crippen molar-refractivity contribution in [1.82, 2.24) is 4.72 Å². The molecule has 9 heteroatoms. The fourth-order valence-corrected chi connectivity index (χ4v) is 3.73. The lowest BCUT2D eigenvalue weighted by molar-refractivity contribution is -0.118. The molecule has 0 aromatic heterocycles. The monoisotopic (exact) mass is 446 g/mol. The number of anilines is 1. The van der Waals surface area contributed by atoms with Gasteiger partial charge in [0.2, 0.25) is 10.0 Å². The van der Waals surface area contributed by atoms with Gasteiger partial charge in [-0.05, 0) is 48.4 Å². The molecule has 0 aliphatic heterocycles. The maximum Gasteiger partial charge on any atom is 0.262 e. The van der Waals surface area contributed by atoms with Crippen molar-refractivity contribution in [2.45, 2.75) is 11.3 Å². The number of hydrogen-bond donors (Lipinski definition) is 2. The van der Waals surface area contributed by atoms with Crippen molar-refractivity contribution in [3.05, 3.63) is 90.0 Å². The molecule has 0 radical (unpaired) electrons. The zero-order valence-corrected chi connectivity index (χ0v) is 17.2. The second-order valence-corrected chi connectivity index (χ2v) is 8.33. The van der Waals surface area contributed by atoms with Crippen LogP contribution < -0.4 is 14.8 Å². The van der Waals surface area contributed by atoms with E-state index in [1.165, 1.54) is 24.3 Å². The lowest BCUT2D eigenvalue weighted by Gasteiger charge is -2.10. The summed E-state index contributed by atoms with van der Waals surface area (Å²) in [7, 11) is -3.68.